The van der Waals surface area contributed by atoms with Crippen LogP contribution in [0.3, 0.4) is 0 Å². The standard InChI is InChI=1S/C16H24N2O2/c1-16(2,3)11-8-9-18(10-11)14-12(15(19)20-4)6-5-7-13(14)17/h5-7,11H,8-10,17H2,1-4H3. The molecule has 1 unspecified atom stereocenters. The molecule has 1 aliphatic heterocycles. The second-order valence-corrected chi connectivity index (χ2v) is 6.53. The van der Waals surface area contributed by atoms with Gasteiger partial charge < -0.3 is 15.4 Å². The molecule has 1 aromatic rings. The van der Waals surface area contributed by atoms with Crippen LogP contribution in [0.1, 0.15) is 37.6 Å². The highest BCUT2D eigenvalue weighted by Gasteiger charge is 2.33. The number of nitrogens with two attached hydrogens (primary N) is 1. The first-order valence-corrected chi connectivity index (χ1v) is 7.06. The third-order valence-corrected chi connectivity index (χ3v) is 4.20. The predicted octanol–water partition coefficient (Wildman–Crippen LogP) is 2.93. The lowest BCUT2D eigenvalue weighted by atomic mass is 9.80. The maximum atomic E-state index is 11.9. The summed E-state index contributed by atoms with van der Waals surface area (Å²) in [6.45, 7) is 8.64. The minimum atomic E-state index is -0.327. The molecule has 4 nitrogen and oxygen atoms in total. The van der Waals surface area contributed by atoms with Gasteiger partial charge in [-0.15, -0.1) is 0 Å². The number of rotatable bonds is 2. The molecule has 0 spiro atoms. The second-order valence-electron chi connectivity index (χ2n) is 6.53. The van der Waals surface area contributed by atoms with Crippen LogP contribution in [0.2, 0.25) is 0 Å². The van der Waals surface area contributed by atoms with Gasteiger partial charge in [-0.05, 0) is 29.9 Å². The molecule has 0 aliphatic carbocycles. The topological polar surface area (TPSA) is 55.6 Å². The van der Waals surface area contributed by atoms with Gasteiger partial charge in [0, 0.05) is 13.1 Å². The van der Waals surface area contributed by atoms with Crippen molar-refractivity contribution in [1.82, 2.24) is 0 Å². The number of ether oxygens (including phenoxy) is 1. The minimum absolute atomic E-state index is 0.268. The molecular weight excluding hydrogens is 252 g/mol. The number of esters is 1. The molecule has 0 saturated carbocycles. The summed E-state index contributed by atoms with van der Waals surface area (Å²) in [5, 5.41) is 0. The van der Waals surface area contributed by atoms with Crippen LogP contribution in [0.15, 0.2) is 18.2 Å². The highest BCUT2D eigenvalue weighted by molar-refractivity contribution is 5.99. The zero-order chi connectivity index (χ0) is 14.9. The quantitative estimate of drug-likeness (QED) is 0.666. The van der Waals surface area contributed by atoms with E-state index in [0.717, 1.165) is 25.2 Å². The lowest BCUT2D eigenvalue weighted by Crippen LogP contribution is -2.27. The van der Waals surface area contributed by atoms with Crippen LogP contribution in [0.4, 0.5) is 11.4 Å². The number of carbonyl (C=O) groups is 1. The number of hydrogen-bond donors (Lipinski definition) is 1. The van der Waals surface area contributed by atoms with E-state index in [2.05, 4.69) is 25.7 Å². The molecule has 20 heavy (non-hydrogen) atoms. The van der Waals surface area contributed by atoms with Gasteiger partial charge in [-0.25, -0.2) is 4.79 Å². The van der Waals surface area contributed by atoms with Gasteiger partial charge in [0.15, 0.2) is 0 Å². The third kappa shape index (κ3) is 2.74. The van der Waals surface area contributed by atoms with Crippen molar-refractivity contribution in [3.05, 3.63) is 23.8 Å². The summed E-state index contributed by atoms with van der Waals surface area (Å²) in [7, 11) is 1.40. The molecule has 0 radical (unpaired) electrons. The van der Waals surface area contributed by atoms with Crippen LogP contribution in [0, 0.1) is 11.3 Å². The molecule has 1 saturated heterocycles. The van der Waals surface area contributed by atoms with E-state index in [9.17, 15) is 4.79 Å². The minimum Gasteiger partial charge on any atom is -0.465 e. The van der Waals surface area contributed by atoms with Crippen molar-refractivity contribution < 1.29 is 9.53 Å². The van der Waals surface area contributed by atoms with Crippen LogP contribution in [-0.2, 0) is 4.74 Å². The normalized spacial score (nSPS) is 19.2. The van der Waals surface area contributed by atoms with E-state index in [-0.39, 0.29) is 11.4 Å². The Morgan fingerprint density at radius 3 is 2.65 bits per heavy atom. The lowest BCUT2D eigenvalue weighted by Gasteiger charge is -2.28. The first-order valence-electron chi connectivity index (χ1n) is 7.06. The smallest absolute Gasteiger partial charge is 0.340 e. The summed E-state index contributed by atoms with van der Waals surface area (Å²) >= 11 is 0. The average Bonchev–Trinajstić information content (AvgIpc) is 2.86. The predicted molar refractivity (Wildman–Crippen MR) is 82.0 cm³/mol. The lowest BCUT2D eigenvalue weighted by molar-refractivity contribution is 0.0601. The molecule has 1 aliphatic rings. The Hall–Kier alpha value is -1.71. The van der Waals surface area contributed by atoms with Gasteiger partial charge >= 0.3 is 5.97 Å². The fourth-order valence-electron chi connectivity index (χ4n) is 2.86. The largest absolute Gasteiger partial charge is 0.465 e. The van der Waals surface area contributed by atoms with E-state index < -0.39 is 0 Å². The van der Waals surface area contributed by atoms with Crippen LogP contribution in [0.25, 0.3) is 0 Å². The fraction of sp³-hybridized carbons (Fsp3) is 0.562. The second kappa shape index (κ2) is 5.35. The highest BCUT2D eigenvalue weighted by Crippen LogP contribution is 2.38. The van der Waals surface area contributed by atoms with E-state index >= 15 is 0 Å². The zero-order valence-electron chi connectivity index (χ0n) is 12.8. The molecule has 1 aromatic carbocycles. The molecule has 1 fully saturated rings. The van der Waals surface area contributed by atoms with Gasteiger partial charge in [-0.3, -0.25) is 0 Å². The Balaban J connectivity index is 2.32. The Labute approximate surface area is 120 Å². The number of carbonyl (C=O) groups excluding carboxylic acids is 1. The molecular formula is C16H24N2O2. The first kappa shape index (κ1) is 14.7. The molecule has 0 amide bonds. The third-order valence-electron chi connectivity index (χ3n) is 4.20. The van der Waals surface area contributed by atoms with Gasteiger partial charge in [0.25, 0.3) is 0 Å². The Morgan fingerprint density at radius 1 is 1.40 bits per heavy atom. The van der Waals surface area contributed by atoms with Crippen LogP contribution >= 0.6 is 0 Å². The van der Waals surface area contributed by atoms with Crippen molar-refractivity contribution in [2.24, 2.45) is 11.3 Å². The fourth-order valence-corrected chi connectivity index (χ4v) is 2.86. The number of nitrogens with zero attached hydrogens (tertiary/aromatic N) is 1. The summed E-state index contributed by atoms with van der Waals surface area (Å²) in [4.78, 5) is 14.1. The number of nitrogen functional groups attached to an aromatic ring is 1. The van der Waals surface area contributed by atoms with Crippen molar-refractivity contribution >= 4 is 17.3 Å². The van der Waals surface area contributed by atoms with Gasteiger partial charge in [0.2, 0.25) is 0 Å². The van der Waals surface area contributed by atoms with Crippen molar-refractivity contribution in [2.45, 2.75) is 27.2 Å². The number of anilines is 2. The van der Waals surface area contributed by atoms with Gasteiger partial charge in [0.1, 0.15) is 0 Å². The van der Waals surface area contributed by atoms with E-state index in [1.54, 1.807) is 12.1 Å². The molecule has 1 atom stereocenters. The van der Waals surface area contributed by atoms with E-state index in [0.29, 0.717) is 17.2 Å². The molecule has 0 aromatic heterocycles. The van der Waals surface area contributed by atoms with E-state index in [1.165, 1.54) is 7.11 Å². The first-order chi connectivity index (χ1) is 9.34. The molecule has 2 rings (SSSR count). The van der Waals surface area contributed by atoms with Crippen LogP contribution in [0.5, 0.6) is 0 Å². The monoisotopic (exact) mass is 276 g/mol. The van der Waals surface area contributed by atoms with Crippen LogP contribution < -0.4 is 10.6 Å². The Kier molecular flexibility index (Phi) is 3.93. The number of hydrogen-bond acceptors (Lipinski definition) is 4. The maximum absolute atomic E-state index is 11.9. The number of methoxy groups -OCH3 is 1. The summed E-state index contributed by atoms with van der Waals surface area (Å²) in [6.07, 6.45) is 1.12. The van der Waals surface area contributed by atoms with E-state index in [4.69, 9.17) is 10.5 Å². The summed E-state index contributed by atoms with van der Waals surface area (Å²) in [5.41, 5.74) is 8.39. The Morgan fingerprint density at radius 2 is 2.10 bits per heavy atom. The molecule has 4 heteroatoms. The molecule has 1 heterocycles. The van der Waals surface area contributed by atoms with Gasteiger partial charge in [0.05, 0.1) is 24.0 Å². The van der Waals surface area contributed by atoms with Crippen molar-refractivity contribution in [1.29, 1.82) is 0 Å². The zero-order valence-corrected chi connectivity index (χ0v) is 12.8. The molecule has 0 bridgehead atoms. The van der Waals surface area contributed by atoms with Gasteiger partial charge in [-0.1, -0.05) is 26.8 Å². The molecule has 110 valence electrons. The Bertz CT molecular complexity index is 506. The average molecular weight is 276 g/mol. The van der Waals surface area contributed by atoms with Gasteiger partial charge in [-0.2, -0.15) is 0 Å². The van der Waals surface area contributed by atoms with Crippen LogP contribution in [-0.4, -0.2) is 26.2 Å². The van der Waals surface area contributed by atoms with Crippen molar-refractivity contribution in [2.75, 3.05) is 30.8 Å². The SMILES string of the molecule is COC(=O)c1cccc(N)c1N1CCC(C(C)(C)C)C1. The van der Waals surface area contributed by atoms with E-state index in [1.807, 2.05) is 6.07 Å². The number of benzene rings is 1. The summed E-state index contributed by atoms with van der Waals surface area (Å²) < 4.78 is 4.86. The van der Waals surface area contributed by atoms with Crippen molar-refractivity contribution in [3.63, 3.8) is 0 Å². The number of para-hydroxylation sites is 1. The molecule has 2 N–H and O–H groups in total. The maximum Gasteiger partial charge on any atom is 0.340 e. The highest BCUT2D eigenvalue weighted by atomic mass is 16.5. The van der Waals surface area contributed by atoms with Crippen molar-refractivity contribution in [3.8, 4) is 0 Å². The summed E-state index contributed by atoms with van der Waals surface area (Å²) in [5.74, 6) is 0.277. The summed E-state index contributed by atoms with van der Waals surface area (Å²) in [6, 6.07) is 5.41.